The van der Waals surface area contributed by atoms with Crippen molar-refractivity contribution < 1.29 is 24.9 Å². The zero-order valence-electron chi connectivity index (χ0n) is 15.0. The summed E-state index contributed by atoms with van der Waals surface area (Å²) in [6.45, 7) is 5.53. The molecule has 1 aliphatic rings. The minimum absolute atomic E-state index is 0.0575. The molecule has 0 saturated carbocycles. The van der Waals surface area contributed by atoms with E-state index in [4.69, 9.17) is 4.74 Å². The summed E-state index contributed by atoms with van der Waals surface area (Å²) >= 11 is 0. The van der Waals surface area contributed by atoms with Crippen molar-refractivity contribution in [1.29, 1.82) is 0 Å². The number of benzene rings is 2. The number of allylic oxidation sites excluding steroid dienone is 2. The third kappa shape index (κ3) is 3.12. The van der Waals surface area contributed by atoms with Crippen molar-refractivity contribution in [3.8, 4) is 23.0 Å². The maximum absolute atomic E-state index is 12.7. The molecule has 5 nitrogen and oxygen atoms in total. The third-order valence-electron chi connectivity index (χ3n) is 4.62. The van der Waals surface area contributed by atoms with Crippen LogP contribution in [-0.2, 0) is 6.42 Å². The quantitative estimate of drug-likeness (QED) is 0.714. The molecule has 0 radical (unpaired) electrons. The van der Waals surface area contributed by atoms with Crippen molar-refractivity contribution in [3.63, 3.8) is 0 Å². The van der Waals surface area contributed by atoms with E-state index in [1.54, 1.807) is 19.1 Å². The highest BCUT2D eigenvalue weighted by Gasteiger charge is 2.34. The molecule has 0 aromatic heterocycles. The van der Waals surface area contributed by atoms with Crippen molar-refractivity contribution in [1.82, 2.24) is 0 Å². The molecular weight excluding hydrogens is 332 g/mol. The number of rotatable bonds is 3. The number of Topliss-reactive ketones (excluding diaryl/α,β-unsaturated/α-hetero) is 1. The van der Waals surface area contributed by atoms with Gasteiger partial charge in [0.2, 0.25) is 0 Å². The van der Waals surface area contributed by atoms with Crippen LogP contribution in [0.2, 0.25) is 0 Å². The molecule has 0 spiro atoms. The minimum atomic E-state index is -0.531. The van der Waals surface area contributed by atoms with Crippen LogP contribution in [0.3, 0.4) is 0 Å². The number of ketones is 1. The zero-order valence-corrected chi connectivity index (χ0v) is 15.0. The molecule has 2 aromatic rings. The molecule has 26 heavy (non-hydrogen) atoms. The molecule has 3 N–H and O–H groups in total. The molecule has 0 amide bonds. The number of carbonyl (C=O) groups is 1. The molecule has 3 rings (SSSR count). The summed E-state index contributed by atoms with van der Waals surface area (Å²) in [4.78, 5) is 12.7. The number of carbonyl (C=O) groups excluding carboxylic acids is 1. The number of fused-ring (bicyclic) bond motifs is 1. The van der Waals surface area contributed by atoms with Gasteiger partial charge in [0.25, 0.3) is 0 Å². The van der Waals surface area contributed by atoms with Gasteiger partial charge in [-0.2, -0.15) is 0 Å². The number of phenolic OH excluding ortho intramolecular Hbond substituents is 3. The lowest BCUT2D eigenvalue weighted by atomic mass is 9.90. The second-order valence-corrected chi connectivity index (χ2v) is 6.82. The Bertz CT molecular complexity index is 890. The first kappa shape index (κ1) is 17.9. The van der Waals surface area contributed by atoms with Gasteiger partial charge in [-0.25, -0.2) is 0 Å². The van der Waals surface area contributed by atoms with Crippen LogP contribution < -0.4 is 4.74 Å². The first-order chi connectivity index (χ1) is 12.3. The molecule has 0 unspecified atom stereocenters. The predicted molar refractivity (Wildman–Crippen MR) is 98.1 cm³/mol. The monoisotopic (exact) mass is 354 g/mol. The summed E-state index contributed by atoms with van der Waals surface area (Å²) in [5, 5.41) is 30.5. The van der Waals surface area contributed by atoms with Crippen molar-refractivity contribution in [2.24, 2.45) is 0 Å². The molecule has 1 aliphatic heterocycles. The Balaban J connectivity index is 2.06. The van der Waals surface area contributed by atoms with Crippen LogP contribution in [0.1, 0.15) is 53.4 Å². The van der Waals surface area contributed by atoms with E-state index in [0.717, 1.165) is 11.1 Å². The average molecular weight is 354 g/mol. The zero-order chi connectivity index (χ0) is 19.0. The van der Waals surface area contributed by atoms with Gasteiger partial charge in [-0.3, -0.25) is 4.79 Å². The molecule has 1 atom stereocenters. The largest absolute Gasteiger partial charge is 0.508 e. The van der Waals surface area contributed by atoms with Crippen molar-refractivity contribution in [2.75, 3.05) is 0 Å². The first-order valence-corrected chi connectivity index (χ1v) is 8.49. The van der Waals surface area contributed by atoms with Crippen molar-refractivity contribution >= 4 is 5.78 Å². The van der Waals surface area contributed by atoms with Gasteiger partial charge >= 0.3 is 0 Å². The van der Waals surface area contributed by atoms with Crippen LogP contribution in [0.25, 0.3) is 0 Å². The fourth-order valence-electron chi connectivity index (χ4n) is 3.13. The third-order valence-corrected chi connectivity index (χ3v) is 4.62. The topological polar surface area (TPSA) is 87.0 Å². The summed E-state index contributed by atoms with van der Waals surface area (Å²) < 4.78 is 5.96. The summed E-state index contributed by atoms with van der Waals surface area (Å²) in [5.41, 5.74) is 2.70. The van der Waals surface area contributed by atoms with Gasteiger partial charge in [0.1, 0.15) is 34.7 Å². The van der Waals surface area contributed by atoms with E-state index < -0.39 is 6.10 Å². The van der Waals surface area contributed by atoms with Crippen LogP contribution >= 0.6 is 0 Å². The van der Waals surface area contributed by atoms with Gasteiger partial charge in [0.05, 0.1) is 6.42 Å². The van der Waals surface area contributed by atoms with E-state index in [2.05, 4.69) is 0 Å². The molecule has 0 saturated heterocycles. The van der Waals surface area contributed by atoms with Crippen LogP contribution in [0, 0.1) is 6.92 Å². The van der Waals surface area contributed by atoms with Gasteiger partial charge in [0, 0.05) is 11.1 Å². The Labute approximate surface area is 152 Å². The first-order valence-electron chi connectivity index (χ1n) is 8.49. The Morgan fingerprint density at radius 3 is 2.42 bits per heavy atom. The predicted octanol–water partition coefficient (Wildman–Crippen LogP) is 4.33. The second kappa shape index (κ2) is 6.75. The second-order valence-electron chi connectivity index (χ2n) is 6.82. The normalized spacial score (nSPS) is 16.0. The number of phenols is 3. The van der Waals surface area contributed by atoms with E-state index in [1.807, 2.05) is 19.9 Å². The lowest BCUT2D eigenvalue weighted by molar-refractivity contribution is 0.0842. The lowest BCUT2D eigenvalue weighted by Crippen LogP contribution is -2.21. The Kier molecular flexibility index (Phi) is 4.64. The molecule has 0 bridgehead atoms. The Morgan fingerprint density at radius 2 is 1.81 bits per heavy atom. The number of ether oxygens (including phenoxy) is 1. The lowest BCUT2D eigenvalue weighted by Gasteiger charge is -2.28. The molecular formula is C21H22O5. The number of hydrogen-bond acceptors (Lipinski definition) is 5. The standard InChI is InChI=1S/C21H22O5/c1-11(2)4-9-15-19(24)12(3)21-18(20(15)25)16(23)10-17(26-21)13-5-7-14(22)8-6-13/h4-8,17,22,24-25H,9-10H2,1-3H3/t17-/m0/s1. The minimum Gasteiger partial charge on any atom is -0.508 e. The molecule has 0 fully saturated rings. The molecule has 5 heteroatoms. The Morgan fingerprint density at radius 1 is 1.15 bits per heavy atom. The number of aromatic hydroxyl groups is 3. The summed E-state index contributed by atoms with van der Waals surface area (Å²) in [6.07, 6.45) is 1.77. The maximum atomic E-state index is 12.7. The molecule has 1 heterocycles. The smallest absolute Gasteiger partial charge is 0.174 e. The maximum Gasteiger partial charge on any atom is 0.174 e. The summed E-state index contributed by atoms with van der Waals surface area (Å²) in [7, 11) is 0. The van der Waals surface area contributed by atoms with Crippen LogP contribution in [0.5, 0.6) is 23.0 Å². The highest BCUT2D eigenvalue weighted by Crippen LogP contribution is 2.47. The number of hydrogen-bond donors (Lipinski definition) is 3. The van der Waals surface area contributed by atoms with Gasteiger partial charge in [-0.15, -0.1) is 0 Å². The van der Waals surface area contributed by atoms with E-state index in [9.17, 15) is 20.1 Å². The van der Waals surface area contributed by atoms with E-state index >= 15 is 0 Å². The van der Waals surface area contributed by atoms with E-state index in [0.29, 0.717) is 17.5 Å². The Hall–Kier alpha value is -2.95. The van der Waals surface area contributed by atoms with Gasteiger partial charge in [-0.1, -0.05) is 23.8 Å². The average Bonchev–Trinajstić information content (AvgIpc) is 2.59. The van der Waals surface area contributed by atoms with Gasteiger partial charge in [-0.05, 0) is 44.9 Å². The van der Waals surface area contributed by atoms with Crippen LogP contribution in [0.15, 0.2) is 35.9 Å². The van der Waals surface area contributed by atoms with Crippen LogP contribution in [-0.4, -0.2) is 21.1 Å². The van der Waals surface area contributed by atoms with Gasteiger partial charge < -0.3 is 20.1 Å². The summed E-state index contributed by atoms with van der Waals surface area (Å²) in [6, 6.07) is 6.44. The molecule has 2 aromatic carbocycles. The van der Waals surface area contributed by atoms with E-state index in [1.165, 1.54) is 12.1 Å². The molecule has 0 aliphatic carbocycles. The van der Waals surface area contributed by atoms with E-state index in [-0.39, 0.29) is 40.8 Å². The fraction of sp³-hybridized carbons (Fsp3) is 0.286. The molecule has 136 valence electrons. The highest BCUT2D eigenvalue weighted by atomic mass is 16.5. The highest BCUT2D eigenvalue weighted by molar-refractivity contribution is 6.04. The van der Waals surface area contributed by atoms with Crippen molar-refractivity contribution in [3.05, 3.63) is 58.2 Å². The fourth-order valence-corrected chi connectivity index (χ4v) is 3.13. The summed E-state index contributed by atoms with van der Waals surface area (Å²) in [5.74, 6) is -0.155. The van der Waals surface area contributed by atoms with Gasteiger partial charge in [0.15, 0.2) is 5.78 Å². The van der Waals surface area contributed by atoms with Crippen LogP contribution in [0.4, 0.5) is 0 Å². The SMILES string of the molecule is CC(C)=CCc1c(O)c(C)c2c(c1O)C(=O)C[C@@H](c1ccc(O)cc1)O2. The van der Waals surface area contributed by atoms with Crippen molar-refractivity contribution in [2.45, 2.75) is 39.7 Å².